The molecule has 3 aromatic heterocycles. The molecule has 1 saturated carbocycles. The third-order valence-corrected chi connectivity index (χ3v) is 6.41. The molecule has 3 aromatic rings. The van der Waals surface area contributed by atoms with Gasteiger partial charge in [0, 0.05) is 48.1 Å². The lowest BCUT2D eigenvalue weighted by molar-refractivity contribution is -0.117. The molecule has 35 heavy (non-hydrogen) atoms. The van der Waals surface area contributed by atoms with Crippen LogP contribution in [0, 0.1) is 5.92 Å². The van der Waals surface area contributed by atoms with Crippen LogP contribution < -0.4 is 25.6 Å². The standard InChI is InChI=1S/C25H27N7O3/c1-13-15-6-5-9-27-21(15)20-18(35-4)12-29-23(22(20)32(13)3)30-17-10-19(31-24(33)14-7-8-14)28-11-16(17)25(34)26-2/h5-6,9-14H,7-8H2,1-4H3,(H,26,34)(H2,28,29,30,31,33)/t13-/m0/s1/i2D3. The van der Waals surface area contributed by atoms with E-state index in [1.807, 2.05) is 36.3 Å². The van der Waals surface area contributed by atoms with E-state index in [9.17, 15) is 9.59 Å². The van der Waals surface area contributed by atoms with E-state index in [2.05, 4.69) is 25.6 Å². The van der Waals surface area contributed by atoms with E-state index in [0.717, 1.165) is 29.7 Å². The topological polar surface area (TPSA) is 121 Å². The van der Waals surface area contributed by atoms with Crippen molar-refractivity contribution in [2.45, 2.75) is 25.8 Å². The quantitative estimate of drug-likeness (QED) is 0.494. The third kappa shape index (κ3) is 4.01. The maximum atomic E-state index is 12.9. The second-order valence-corrected chi connectivity index (χ2v) is 8.58. The van der Waals surface area contributed by atoms with E-state index in [1.165, 1.54) is 12.3 Å². The molecule has 1 aliphatic carbocycles. The lowest BCUT2D eigenvalue weighted by atomic mass is 9.93. The van der Waals surface area contributed by atoms with Crippen LogP contribution in [0.4, 0.5) is 23.0 Å². The largest absolute Gasteiger partial charge is 0.494 e. The van der Waals surface area contributed by atoms with Gasteiger partial charge in [-0.3, -0.25) is 14.6 Å². The first-order chi connectivity index (χ1) is 18.1. The Kier molecular flexibility index (Phi) is 4.84. The van der Waals surface area contributed by atoms with Crippen molar-refractivity contribution in [1.29, 1.82) is 0 Å². The Morgan fingerprint density at radius 2 is 2.06 bits per heavy atom. The van der Waals surface area contributed by atoms with Gasteiger partial charge in [0.2, 0.25) is 5.91 Å². The Bertz CT molecular complexity index is 1430. The van der Waals surface area contributed by atoms with Gasteiger partial charge in [-0.05, 0) is 25.8 Å². The number of aromatic nitrogens is 3. The lowest BCUT2D eigenvalue weighted by Gasteiger charge is -2.36. The summed E-state index contributed by atoms with van der Waals surface area (Å²) in [4.78, 5) is 40.6. The lowest BCUT2D eigenvalue weighted by Crippen LogP contribution is -2.28. The summed E-state index contributed by atoms with van der Waals surface area (Å²) < 4.78 is 28.0. The van der Waals surface area contributed by atoms with Crippen LogP contribution >= 0.6 is 0 Å². The Balaban J connectivity index is 1.61. The van der Waals surface area contributed by atoms with Crippen LogP contribution in [0.25, 0.3) is 11.3 Å². The van der Waals surface area contributed by atoms with Gasteiger partial charge in [0.1, 0.15) is 11.6 Å². The summed E-state index contributed by atoms with van der Waals surface area (Å²) in [7, 11) is 3.47. The number of carbonyl (C=O) groups excluding carboxylic acids is 2. The van der Waals surface area contributed by atoms with Gasteiger partial charge in [0.05, 0.1) is 47.5 Å². The molecule has 0 radical (unpaired) electrons. The SMILES string of the molecule is [2H]C([2H])([2H])NC(=O)c1cnc(NC(=O)C2CC2)cc1Nc1ncc(OC)c2c1N(C)[C@@H](C)c1cccnc1-2. The number of hydrogen-bond donors (Lipinski definition) is 3. The number of pyridine rings is 3. The minimum Gasteiger partial charge on any atom is -0.494 e. The molecule has 180 valence electrons. The van der Waals surface area contributed by atoms with Gasteiger partial charge in [0.15, 0.2) is 5.82 Å². The first kappa shape index (κ1) is 19.1. The molecule has 3 N–H and O–H groups in total. The Labute approximate surface area is 207 Å². The van der Waals surface area contributed by atoms with Crippen molar-refractivity contribution in [3.8, 4) is 17.0 Å². The average Bonchev–Trinajstić information content (AvgIpc) is 3.72. The molecule has 10 nitrogen and oxygen atoms in total. The van der Waals surface area contributed by atoms with Gasteiger partial charge >= 0.3 is 0 Å². The second kappa shape index (κ2) is 8.86. The molecule has 1 aliphatic heterocycles. The van der Waals surface area contributed by atoms with Gasteiger partial charge in [-0.1, -0.05) is 6.07 Å². The van der Waals surface area contributed by atoms with Gasteiger partial charge in [-0.2, -0.15) is 0 Å². The fourth-order valence-corrected chi connectivity index (χ4v) is 4.25. The van der Waals surface area contributed by atoms with Crippen LogP contribution in [0.1, 0.15) is 45.8 Å². The fourth-order valence-electron chi connectivity index (χ4n) is 4.25. The van der Waals surface area contributed by atoms with Crippen LogP contribution in [-0.2, 0) is 4.79 Å². The number of methoxy groups -OCH3 is 1. The van der Waals surface area contributed by atoms with Gasteiger partial charge in [0.25, 0.3) is 5.91 Å². The number of anilines is 4. The van der Waals surface area contributed by atoms with Crippen LogP contribution in [0.5, 0.6) is 5.75 Å². The number of ether oxygens (including phenoxy) is 1. The molecule has 0 saturated heterocycles. The zero-order valence-corrected chi connectivity index (χ0v) is 19.5. The van der Waals surface area contributed by atoms with E-state index in [4.69, 9.17) is 8.85 Å². The Morgan fingerprint density at radius 3 is 2.80 bits per heavy atom. The van der Waals surface area contributed by atoms with E-state index in [1.54, 1.807) is 19.5 Å². The number of carbonyl (C=O) groups is 2. The highest BCUT2D eigenvalue weighted by atomic mass is 16.5. The van der Waals surface area contributed by atoms with E-state index >= 15 is 0 Å². The van der Waals surface area contributed by atoms with Crippen LogP contribution in [0.15, 0.2) is 36.8 Å². The van der Waals surface area contributed by atoms with Crippen LogP contribution in [0.2, 0.25) is 0 Å². The van der Waals surface area contributed by atoms with E-state index in [-0.39, 0.29) is 34.9 Å². The molecule has 0 aromatic carbocycles. The molecule has 0 bridgehead atoms. The molecule has 0 unspecified atom stereocenters. The second-order valence-electron chi connectivity index (χ2n) is 8.58. The molecule has 10 heteroatoms. The molecule has 2 amide bonds. The number of nitrogens with zero attached hydrogens (tertiary/aromatic N) is 4. The zero-order chi connectivity index (χ0) is 27.2. The highest BCUT2D eigenvalue weighted by Gasteiger charge is 2.33. The van der Waals surface area contributed by atoms with Crippen molar-refractivity contribution in [3.05, 3.63) is 47.9 Å². The summed E-state index contributed by atoms with van der Waals surface area (Å²) >= 11 is 0. The van der Waals surface area contributed by atoms with Crippen molar-refractivity contribution in [1.82, 2.24) is 20.3 Å². The highest BCUT2D eigenvalue weighted by molar-refractivity contribution is 6.02. The molecule has 4 heterocycles. The molecular formula is C25H27N7O3. The Morgan fingerprint density at radius 1 is 1.23 bits per heavy atom. The monoisotopic (exact) mass is 476 g/mol. The molecule has 1 atom stereocenters. The van der Waals surface area contributed by atoms with Gasteiger partial charge in [-0.25, -0.2) is 9.97 Å². The van der Waals surface area contributed by atoms with E-state index in [0.29, 0.717) is 17.3 Å². The number of rotatable bonds is 6. The molecule has 0 spiro atoms. The highest BCUT2D eigenvalue weighted by Crippen LogP contribution is 2.50. The average molecular weight is 477 g/mol. The molecular weight excluding hydrogens is 446 g/mol. The molecule has 5 rings (SSSR count). The molecule has 1 fully saturated rings. The Hall–Kier alpha value is -4.21. The maximum absolute atomic E-state index is 12.9. The predicted octanol–water partition coefficient (Wildman–Crippen LogP) is 3.51. The summed E-state index contributed by atoms with van der Waals surface area (Å²) in [6, 6.07) is 5.33. The minimum absolute atomic E-state index is 0.0260. The normalized spacial score (nSPS) is 17.7. The summed E-state index contributed by atoms with van der Waals surface area (Å²) in [5.41, 5.74) is 3.38. The minimum atomic E-state index is -2.70. The van der Waals surface area contributed by atoms with Crippen molar-refractivity contribution in [3.63, 3.8) is 0 Å². The smallest absolute Gasteiger partial charge is 0.254 e. The van der Waals surface area contributed by atoms with E-state index < -0.39 is 12.9 Å². The summed E-state index contributed by atoms with van der Waals surface area (Å²) in [6.07, 6.45) is 6.13. The van der Waals surface area contributed by atoms with Crippen molar-refractivity contribution in [2.24, 2.45) is 5.92 Å². The summed E-state index contributed by atoms with van der Waals surface area (Å²) in [6.45, 7) is -0.657. The number of amides is 2. The molecule has 2 aliphatic rings. The van der Waals surface area contributed by atoms with Crippen molar-refractivity contribution >= 4 is 34.8 Å². The summed E-state index contributed by atoms with van der Waals surface area (Å²) in [5.74, 6) is 0.0861. The maximum Gasteiger partial charge on any atom is 0.254 e. The fraction of sp³-hybridized carbons (Fsp3) is 0.320. The third-order valence-electron chi connectivity index (χ3n) is 6.41. The van der Waals surface area contributed by atoms with Crippen molar-refractivity contribution in [2.75, 3.05) is 36.7 Å². The number of hydrogen-bond acceptors (Lipinski definition) is 8. The van der Waals surface area contributed by atoms with Gasteiger partial charge in [-0.15, -0.1) is 0 Å². The summed E-state index contributed by atoms with van der Waals surface area (Å²) in [5, 5.41) is 7.94. The zero-order valence-electron chi connectivity index (χ0n) is 22.5. The van der Waals surface area contributed by atoms with Gasteiger partial charge < -0.3 is 25.6 Å². The first-order valence-electron chi connectivity index (χ1n) is 12.7. The van der Waals surface area contributed by atoms with Crippen LogP contribution in [0.3, 0.4) is 0 Å². The van der Waals surface area contributed by atoms with Crippen LogP contribution in [-0.4, -0.2) is 47.9 Å². The first-order valence-corrected chi connectivity index (χ1v) is 11.2. The number of nitrogens with one attached hydrogen (secondary N) is 3. The number of fused-ring (bicyclic) bond motifs is 3. The van der Waals surface area contributed by atoms with Crippen molar-refractivity contribution < 1.29 is 18.4 Å². The predicted molar refractivity (Wildman–Crippen MR) is 133 cm³/mol.